The molecule has 1 aromatic carbocycles. The Morgan fingerprint density at radius 3 is 2.81 bits per heavy atom. The molecular formula is C11H16N4O. The van der Waals surface area contributed by atoms with E-state index < -0.39 is 0 Å². The van der Waals surface area contributed by atoms with Gasteiger partial charge in [0.15, 0.2) is 0 Å². The number of carbonyl (C=O) groups is 1. The van der Waals surface area contributed by atoms with E-state index in [1.165, 1.54) is 0 Å². The van der Waals surface area contributed by atoms with Crippen LogP contribution in [0.15, 0.2) is 18.2 Å². The molecule has 0 spiro atoms. The van der Waals surface area contributed by atoms with E-state index in [-0.39, 0.29) is 5.91 Å². The molecule has 0 saturated carbocycles. The maximum absolute atomic E-state index is 11.9. The van der Waals surface area contributed by atoms with E-state index in [2.05, 4.69) is 16.1 Å². The van der Waals surface area contributed by atoms with Gasteiger partial charge < -0.3 is 10.6 Å². The molecule has 0 bridgehead atoms. The van der Waals surface area contributed by atoms with Crippen molar-refractivity contribution in [2.45, 2.75) is 0 Å². The maximum Gasteiger partial charge on any atom is 0.267 e. The fraction of sp³-hybridized carbons (Fsp3) is 0.364. The summed E-state index contributed by atoms with van der Waals surface area (Å²) in [5.74, 6) is -0.0990. The van der Waals surface area contributed by atoms with Crippen molar-refractivity contribution in [3.05, 3.63) is 23.8 Å². The van der Waals surface area contributed by atoms with Gasteiger partial charge in [-0.05, 0) is 12.1 Å². The first-order valence-corrected chi connectivity index (χ1v) is 5.27. The normalized spacial score (nSPS) is 13.7. The molecule has 86 valence electrons. The average Bonchev–Trinajstić information content (AvgIpc) is 2.27. The highest BCUT2D eigenvalue weighted by Gasteiger charge is 2.17. The van der Waals surface area contributed by atoms with Crippen molar-refractivity contribution >= 4 is 17.3 Å². The van der Waals surface area contributed by atoms with E-state index in [9.17, 15) is 4.79 Å². The number of rotatable bonds is 2. The van der Waals surface area contributed by atoms with Crippen LogP contribution in [0.3, 0.4) is 0 Å². The Hall–Kier alpha value is -1.75. The lowest BCUT2D eigenvalue weighted by Crippen LogP contribution is -2.37. The van der Waals surface area contributed by atoms with Crippen molar-refractivity contribution < 1.29 is 4.79 Å². The zero-order valence-electron chi connectivity index (χ0n) is 9.50. The Bertz CT molecular complexity index is 403. The van der Waals surface area contributed by atoms with Crippen molar-refractivity contribution in [1.82, 2.24) is 10.4 Å². The van der Waals surface area contributed by atoms with Crippen molar-refractivity contribution in [3.63, 3.8) is 0 Å². The van der Waals surface area contributed by atoms with Gasteiger partial charge in [-0.3, -0.25) is 10.2 Å². The average molecular weight is 220 g/mol. The Balaban J connectivity index is 2.30. The van der Waals surface area contributed by atoms with Gasteiger partial charge in [0.05, 0.1) is 16.9 Å². The number of nitrogens with zero attached hydrogens (tertiary/aromatic N) is 1. The molecule has 16 heavy (non-hydrogen) atoms. The van der Waals surface area contributed by atoms with Gasteiger partial charge in [-0.1, -0.05) is 6.07 Å². The first-order chi connectivity index (χ1) is 7.68. The number of hydrazine groups is 1. The molecular weight excluding hydrogens is 204 g/mol. The van der Waals surface area contributed by atoms with Crippen LogP contribution in [0.25, 0.3) is 0 Å². The third-order valence-electron chi connectivity index (χ3n) is 2.38. The summed E-state index contributed by atoms with van der Waals surface area (Å²) < 4.78 is 0. The number of hydrogen-bond donors (Lipinski definition) is 3. The van der Waals surface area contributed by atoms with Crippen molar-refractivity contribution in [2.75, 3.05) is 37.8 Å². The molecule has 0 atom stereocenters. The molecule has 5 heteroatoms. The summed E-state index contributed by atoms with van der Waals surface area (Å²) in [6, 6.07) is 5.66. The molecule has 0 fully saturated rings. The van der Waals surface area contributed by atoms with E-state index in [0.29, 0.717) is 5.56 Å². The third-order valence-corrected chi connectivity index (χ3v) is 2.38. The van der Waals surface area contributed by atoms with Crippen LogP contribution in [0.2, 0.25) is 0 Å². The second-order valence-corrected chi connectivity index (χ2v) is 3.92. The number of benzene rings is 1. The van der Waals surface area contributed by atoms with Crippen LogP contribution in [0.1, 0.15) is 10.4 Å². The summed E-state index contributed by atoms with van der Waals surface area (Å²) >= 11 is 0. The van der Waals surface area contributed by atoms with Gasteiger partial charge in [-0.25, -0.2) is 5.01 Å². The number of anilines is 2. The van der Waals surface area contributed by atoms with Crippen molar-refractivity contribution in [2.24, 2.45) is 0 Å². The second-order valence-electron chi connectivity index (χ2n) is 3.92. The fourth-order valence-electron chi connectivity index (χ4n) is 1.73. The van der Waals surface area contributed by atoms with Gasteiger partial charge in [-0.15, -0.1) is 0 Å². The van der Waals surface area contributed by atoms with E-state index in [0.717, 1.165) is 24.5 Å². The Labute approximate surface area is 94.8 Å². The molecule has 0 saturated heterocycles. The topological polar surface area (TPSA) is 56.4 Å². The molecule has 0 unspecified atom stereocenters. The summed E-state index contributed by atoms with van der Waals surface area (Å²) in [5.41, 5.74) is 5.27. The SMILES string of the molecule is CN(C)NC(=O)c1cccc2c1NCCN2. The van der Waals surface area contributed by atoms with Gasteiger partial charge in [0.2, 0.25) is 0 Å². The fourth-order valence-corrected chi connectivity index (χ4v) is 1.73. The first-order valence-electron chi connectivity index (χ1n) is 5.27. The number of para-hydroxylation sites is 1. The molecule has 1 amide bonds. The lowest BCUT2D eigenvalue weighted by molar-refractivity contribution is 0.0858. The van der Waals surface area contributed by atoms with E-state index in [1.807, 2.05) is 18.2 Å². The predicted octanol–water partition coefficient (Wildman–Crippen LogP) is 0.730. The van der Waals surface area contributed by atoms with Crippen LogP contribution in [0.4, 0.5) is 11.4 Å². The van der Waals surface area contributed by atoms with Gasteiger partial charge in [0.1, 0.15) is 0 Å². The molecule has 0 aromatic heterocycles. The van der Waals surface area contributed by atoms with E-state index in [4.69, 9.17) is 0 Å². The molecule has 2 rings (SSSR count). The third kappa shape index (κ3) is 2.09. The van der Waals surface area contributed by atoms with Gasteiger partial charge in [-0.2, -0.15) is 0 Å². The zero-order chi connectivity index (χ0) is 11.5. The van der Waals surface area contributed by atoms with Crippen molar-refractivity contribution in [3.8, 4) is 0 Å². The van der Waals surface area contributed by atoms with Crippen LogP contribution >= 0.6 is 0 Å². The van der Waals surface area contributed by atoms with Crippen LogP contribution < -0.4 is 16.1 Å². The quantitative estimate of drug-likeness (QED) is 0.643. The molecule has 1 aromatic rings. The standard InChI is InChI=1S/C11H16N4O/c1-15(2)14-11(16)8-4-3-5-9-10(8)13-7-6-12-9/h3-5,12-13H,6-7H2,1-2H3,(H,14,16). The van der Waals surface area contributed by atoms with E-state index in [1.54, 1.807) is 19.1 Å². The molecule has 3 N–H and O–H groups in total. The molecule has 5 nitrogen and oxygen atoms in total. The van der Waals surface area contributed by atoms with Crippen LogP contribution in [-0.2, 0) is 0 Å². The molecule has 0 radical (unpaired) electrons. The van der Waals surface area contributed by atoms with Gasteiger partial charge in [0, 0.05) is 27.2 Å². The van der Waals surface area contributed by atoms with Crippen LogP contribution in [-0.4, -0.2) is 38.1 Å². The van der Waals surface area contributed by atoms with Gasteiger partial charge >= 0.3 is 0 Å². The summed E-state index contributed by atoms with van der Waals surface area (Å²) in [7, 11) is 3.58. The minimum absolute atomic E-state index is 0.0990. The molecule has 1 aliphatic rings. The number of amides is 1. The lowest BCUT2D eigenvalue weighted by Gasteiger charge is -2.23. The number of carbonyl (C=O) groups excluding carboxylic acids is 1. The van der Waals surface area contributed by atoms with Crippen LogP contribution in [0, 0.1) is 0 Å². The Morgan fingerprint density at radius 1 is 1.31 bits per heavy atom. The number of hydrogen-bond acceptors (Lipinski definition) is 4. The minimum atomic E-state index is -0.0990. The highest BCUT2D eigenvalue weighted by molar-refractivity contribution is 6.02. The molecule has 0 aliphatic carbocycles. The maximum atomic E-state index is 11.9. The Morgan fingerprint density at radius 2 is 2.06 bits per heavy atom. The lowest BCUT2D eigenvalue weighted by atomic mass is 10.1. The monoisotopic (exact) mass is 220 g/mol. The summed E-state index contributed by atoms with van der Waals surface area (Å²) in [4.78, 5) is 11.9. The minimum Gasteiger partial charge on any atom is -0.382 e. The zero-order valence-corrected chi connectivity index (χ0v) is 9.50. The smallest absolute Gasteiger partial charge is 0.267 e. The number of nitrogens with one attached hydrogen (secondary N) is 3. The highest BCUT2D eigenvalue weighted by atomic mass is 16.2. The largest absolute Gasteiger partial charge is 0.382 e. The summed E-state index contributed by atoms with van der Waals surface area (Å²) in [6.45, 7) is 1.71. The highest BCUT2D eigenvalue weighted by Crippen LogP contribution is 2.28. The molecule has 1 heterocycles. The van der Waals surface area contributed by atoms with E-state index >= 15 is 0 Å². The van der Waals surface area contributed by atoms with Gasteiger partial charge in [0.25, 0.3) is 5.91 Å². The predicted molar refractivity (Wildman–Crippen MR) is 64.6 cm³/mol. The number of fused-ring (bicyclic) bond motifs is 1. The second kappa shape index (κ2) is 4.40. The first kappa shape index (κ1) is 10.8. The Kier molecular flexibility index (Phi) is 2.96. The summed E-state index contributed by atoms with van der Waals surface area (Å²) in [6.07, 6.45) is 0. The molecule has 1 aliphatic heterocycles. The summed E-state index contributed by atoms with van der Waals surface area (Å²) in [5, 5.41) is 8.14. The van der Waals surface area contributed by atoms with Crippen molar-refractivity contribution in [1.29, 1.82) is 0 Å². The van der Waals surface area contributed by atoms with Crippen LogP contribution in [0.5, 0.6) is 0 Å².